The second-order valence-corrected chi connectivity index (χ2v) is 10.1. The highest BCUT2D eigenvalue weighted by atomic mass is 79.9. The standard InChI is InChI=1S/C15H15BrN2O5.C11H10N2O4/c1-4-8-17-13(19)11-7-5-6-10(12(11)18(21)22)9-23-14(20)15(2,3)16;1-2-6-12-11(15)9-5-3-4-8(7-14)10(9)13(16)17/h1,5-7H,8-9H2,2-3H3,(H,17,19);1,3-5,14H,6-7H2,(H,12,15). The third-order valence-electron chi connectivity index (χ3n) is 4.81. The van der Waals surface area contributed by atoms with Crippen molar-refractivity contribution in [1.29, 1.82) is 0 Å². The minimum atomic E-state index is -0.913. The van der Waals surface area contributed by atoms with Crippen LogP contribution in [0.2, 0.25) is 0 Å². The van der Waals surface area contributed by atoms with Crippen LogP contribution in [0, 0.1) is 44.9 Å². The van der Waals surface area contributed by atoms with Crippen molar-refractivity contribution in [2.75, 3.05) is 13.1 Å². The van der Waals surface area contributed by atoms with E-state index in [9.17, 15) is 34.6 Å². The number of para-hydroxylation sites is 2. The van der Waals surface area contributed by atoms with Crippen molar-refractivity contribution in [3.63, 3.8) is 0 Å². The molecule has 2 aromatic rings. The molecule has 13 nitrogen and oxygen atoms in total. The van der Waals surface area contributed by atoms with Gasteiger partial charge in [-0.1, -0.05) is 39.9 Å². The van der Waals surface area contributed by atoms with Gasteiger partial charge in [-0.05, 0) is 38.1 Å². The van der Waals surface area contributed by atoms with Gasteiger partial charge in [-0.2, -0.15) is 0 Å². The first kappa shape index (κ1) is 33.2. The summed E-state index contributed by atoms with van der Waals surface area (Å²) in [5, 5.41) is 35.8. The lowest BCUT2D eigenvalue weighted by atomic mass is 10.1. The van der Waals surface area contributed by atoms with Crippen molar-refractivity contribution in [3.05, 3.63) is 78.9 Å². The fourth-order valence-electron chi connectivity index (χ4n) is 2.99. The molecule has 0 aliphatic carbocycles. The monoisotopic (exact) mass is 616 g/mol. The fourth-order valence-corrected chi connectivity index (χ4v) is 3.11. The Kier molecular flexibility index (Phi) is 12.9. The molecule has 2 aromatic carbocycles. The van der Waals surface area contributed by atoms with Crippen LogP contribution >= 0.6 is 15.9 Å². The number of hydrogen-bond acceptors (Lipinski definition) is 9. The van der Waals surface area contributed by atoms with Crippen LogP contribution in [0.25, 0.3) is 0 Å². The number of carbonyl (C=O) groups is 3. The molecule has 0 saturated carbocycles. The Hall–Kier alpha value is -4.79. The Bertz CT molecular complexity index is 1370. The summed E-state index contributed by atoms with van der Waals surface area (Å²) >= 11 is 3.14. The molecule has 0 heterocycles. The Morgan fingerprint density at radius 1 is 0.925 bits per heavy atom. The Balaban J connectivity index is 0.000000418. The van der Waals surface area contributed by atoms with Gasteiger partial charge in [0.05, 0.1) is 40.7 Å². The molecule has 0 bridgehead atoms. The lowest BCUT2D eigenvalue weighted by Gasteiger charge is -2.15. The number of aliphatic hydroxyl groups excluding tert-OH is 1. The van der Waals surface area contributed by atoms with Crippen LogP contribution in [-0.2, 0) is 22.7 Å². The molecule has 0 aliphatic rings. The van der Waals surface area contributed by atoms with Crippen LogP contribution in [0.5, 0.6) is 0 Å². The lowest BCUT2D eigenvalue weighted by molar-refractivity contribution is -0.386. The van der Waals surface area contributed by atoms with E-state index in [1.165, 1.54) is 36.4 Å². The largest absolute Gasteiger partial charge is 0.460 e. The molecule has 3 N–H and O–H groups in total. The van der Waals surface area contributed by atoms with E-state index >= 15 is 0 Å². The molecule has 2 amide bonds. The number of alkyl halides is 1. The molecule has 0 atom stereocenters. The van der Waals surface area contributed by atoms with Crippen molar-refractivity contribution in [2.24, 2.45) is 0 Å². The topological polar surface area (TPSA) is 191 Å². The molecule has 14 heteroatoms. The number of halogens is 1. The van der Waals surface area contributed by atoms with Gasteiger partial charge in [0.25, 0.3) is 23.2 Å². The molecule has 0 saturated heterocycles. The molecule has 2 rings (SSSR count). The van der Waals surface area contributed by atoms with E-state index in [1.807, 2.05) is 0 Å². The highest BCUT2D eigenvalue weighted by Crippen LogP contribution is 2.26. The summed E-state index contributed by atoms with van der Waals surface area (Å²) < 4.78 is 4.13. The first-order valence-corrected chi connectivity index (χ1v) is 12.0. The summed E-state index contributed by atoms with van der Waals surface area (Å²) in [6.45, 7) is 2.29. The number of nitrogens with zero attached hydrogens (tertiary/aromatic N) is 2. The number of amides is 2. The number of terminal acetylenes is 2. The summed E-state index contributed by atoms with van der Waals surface area (Å²) in [4.78, 5) is 56.1. The van der Waals surface area contributed by atoms with Crippen LogP contribution in [-0.4, -0.2) is 50.2 Å². The van der Waals surface area contributed by atoms with Gasteiger partial charge in [-0.15, -0.1) is 12.8 Å². The summed E-state index contributed by atoms with van der Waals surface area (Å²) in [5.74, 6) is 2.53. The van der Waals surface area contributed by atoms with Gasteiger partial charge in [-0.3, -0.25) is 34.6 Å². The first-order valence-electron chi connectivity index (χ1n) is 11.2. The highest BCUT2D eigenvalue weighted by Gasteiger charge is 2.28. The third-order valence-corrected chi connectivity index (χ3v) is 5.13. The van der Waals surface area contributed by atoms with E-state index in [0.717, 1.165) is 0 Å². The van der Waals surface area contributed by atoms with Gasteiger partial charge < -0.3 is 20.5 Å². The van der Waals surface area contributed by atoms with Gasteiger partial charge in [-0.25, -0.2) is 0 Å². The number of carbonyl (C=O) groups excluding carboxylic acids is 3. The van der Waals surface area contributed by atoms with Crippen LogP contribution in [0.1, 0.15) is 45.7 Å². The predicted molar refractivity (Wildman–Crippen MR) is 147 cm³/mol. The molecule has 0 fully saturated rings. The molecule has 0 aliphatic heterocycles. The predicted octanol–water partition coefficient (Wildman–Crippen LogP) is 2.62. The molecule has 0 radical (unpaired) electrons. The zero-order chi connectivity index (χ0) is 30.5. The van der Waals surface area contributed by atoms with Gasteiger partial charge in [0.15, 0.2) is 0 Å². The van der Waals surface area contributed by atoms with Gasteiger partial charge in [0.2, 0.25) is 0 Å². The number of rotatable bonds is 10. The summed E-state index contributed by atoms with van der Waals surface area (Å²) in [5.41, 5.74) is -0.864. The van der Waals surface area contributed by atoms with Crippen molar-refractivity contribution in [2.45, 2.75) is 31.4 Å². The molecule has 210 valence electrons. The quantitative estimate of drug-likeness (QED) is 0.118. The highest BCUT2D eigenvalue weighted by molar-refractivity contribution is 9.10. The van der Waals surface area contributed by atoms with Gasteiger partial charge in [0.1, 0.15) is 22.1 Å². The van der Waals surface area contributed by atoms with E-state index in [0.29, 0.717) is 0 Å². The normalized spacial score (nSPS) is 10.1. The number of benzene rings is 2. The zero-order valence-corrected chi connectivity index (χ0v) is 23.0. The smallest absolute Gasteiger partial charge is 0.322 e. The van der Waals surface area contributed by atoms with Crippen LogP contribution in [0.4, 0.5) is 11.4 Å². The SMILES string of the molecule is C#CCNC(=O)c1cccc(CO)c1[N+](=O)[O-].C#CCNC(=O)c1cccc(COC(=O)C(C)(C)Br)c1[N+](=O)[O-]. The number of nitro groups is 2. The number of hydrogen-bond donors (Lipinski definition) is 3. The summed E-state index contributed by atoms with van der Waals surface area (Å²) in [7, 11) is 0. The number of esters is 1. The number of ether oxygens (including phenoxy) is 1. The molecule has 40 heavy (non-hydrogen) atoms. The van der Waals surface area contributed by atoms with Crippen molar-refractivity contribution in [3.8, 4) is 24.7 Å². The number of nitro benzene ring substituents is 2. The van der Waals surface area contributed by atoms with E-state index in [1.54, 1.807) is 13.8 Å². The molecule has 0 spiro atoms. The summed E-state index contributed by atoms with van der Waals surface area (Å²) in [6, 6.07) is 8.36. The van der Waals surface area contributed by atoms with Crippen LogP contribution in [0.3, 0.4) is 0 Å². The van der Waals surface area contributed by atoms with Crippen molar-refractivity contribution in [1.82, 2.24) is 10.6 Å². The molecule has 0 aromatic heterocycles. The lowest BCUT2D eigenvalue weighted by Crippen LogP contribution is -2.27. The van der Waals surface area contributed by atoms with E-state index < -0.39 is 49.9 Å². The second kappa shape index (κ2) is 15.6. The zero-order valence-electron chi connectivity index (χ0n) is 21.4. The van der Waals surface area contributed by atoms with E-state index in [-0.39, 0.29) is 42.0 Å². The summed E-state index contributed by atoms with van der Waals surface area (Å²) in [6.07, 6.45) is 10.0. The average molecular weight is 617 g/mol. The van der Waals surface area contributed by atoms with Crippen LogP contribution < -0.4 is 10.6 Å². The molecular formula is C26H25BrN4O9. The molecule has 0 unspecified atom stereocenters. The maximum absolute atomic E-state index is 12.0. The van der Waals surface area contributed by atoms with Gasteiger partial charge in [0, 0.05) is 0 Å². The number of aliphatic hydroxyl groups is 1. The van der Waals surface area contributed by atoms with Crippen LogP contribution in [0.15, 0.2) is 36.4 Å². The van der Waals surface area contributed by atoms with Crippen molar-refractivity contribution >= 4 is 45.1 Å². The Morgan fingerprint density at radius 2 is 1.35 bits per heavy atom. The Morgan fingerprint density at radius 3 is 1.73 bits per heavy atom. The third kappa shape index (κ3) is 9.50. The van der Waals surface area contributed by atoms with Crippen molar-refractivity contribution < 1.29 is 34.1 Å². The minimum Gasteiger partial charge on any atom is -0.460 e. The molecular weight excluding hydrogens is 592 g/mol. The minimum absolute atomic E-state index is 0.0145. The maximum Gasteiger partial charge on any atom is 0.322 e. The van der Waals surface area contributed by atoms with Gasteiger partial charge >= 0.3 is 5.97 Å². The number of nitrogens with one attached hydrogen (secondary N) is 2. The second-order valence-electron chi connectivity index (χ2n) is 8.12. The van der Waals surface area contributed by atoms with E-state index in [2.05, 4.69) is 38.4 Å². The van der Waals surface area contributed by atoms with E-state index in [4.69, 9.17) is 22.7 Å². The maximum atomic E-state index is 12.0. The Labute approximate surface area is 237 Å². The average Bonchev–Trinajstić information content (AvgIpc) is 2.91. The first-order chi connectivity index (χ1) is 18.8. The fraction of sp³-hybridized carbons (Fsp3) is 0.269.